The molecule has 1 rings (SSSR count). The van der Waals surface area contributed by atoms with E-state index in [9.17, 15) is 9.90 Å². The maximum absolute atomic E-state index is 10.5. The summed E-state index contributed by atoms with van der Waals surface area (Å²) in [6.45, 7) is 0. The highest BCUT2D eigenvalue weighted by Gasteiger charge is 2.13. The lowest BCUT2D eigenvalue weighted by Crippen LogP contribution is -2.23. The molecular formula is C9H15NO3. The lowest BCUT2D eigenvalue weighted by molar-refractivity contribution is 0.0982. The molecule has 0 bridgehead atoms. The van der Waals surface area contributed by atoms with E-state index in [1.807, 2.05) is 12.2 Å². The van der Waals surface area contributed by atoms with E-state index < -0.39 is 6.09 Å². The lowest BCUT2D eigenvalue weighted by atomic mass is 10.0. The first kappa shape index (κ1) is 10.1. The maximum Gasteiger partial charge on any atom is 0.405 e. The standard InChI is InChI=1S/C9H15NO3/c10-9(12)13-8-4-2-1-3-7(11)5-6-8/h2,4,7-8,11H,1,3,5-6H2,(H2,10,12)/b4-2+. The van der Waals surface area contributed by atoms with E-state index in [0.29, 0.717) is 12.8 Å². The van der Waals surface area contributed by atoms with Crippen molar-refractivity contribution in [2.24, 2.45) is 5.73 Å². The molecule has 0 radical (unpaired) electrons. The molecule has 2 unspecified atom stereocenters. The van der Waals surface area contributed by atoms with E-state index in [1.54, 1.807) is 0 Å². The van der Waals surface area contributed by atoms with Crippen LogP contribution in [0, 0.1) is 0 Å². The molecule has 0 aromatic rings. The van der Waals surface area contributed by atoms with E-state index >= 15 is 0 Å². The van der Waals surface area contributed by atoms with Crippen LogP contribution in [-0.2, 0) is 4.74 Å². The fraction of sp³-hybridized carbons (Fsp3) is 0.667. The molecular weight excluding hydrogens is 170 g/mol. The number of carbonyl (C=O) groups excluding carboxylic acids is 1. The van der Waals surface area contributed by atoms with E-state index in [0.717, 1.165) is 12.8 Å². The minimum atomic E-state index is -0.760. The zero-order valence-electron chi connectivity index (χ0n) is 7.48. The summed E-state index contributed by atoms with van der Waals surface area (Å²) in [6, 6.07) is 0. The fourth-order valence-corrected chi connectivity index (χ4v) is 1.38. The third kappa shape index (κ3) is 3.94. The van der Waals surface area contributed by atoms with Gasteiger partial charge in [0, 0.05) is 0 Å². The average Bonchev–Trinajstić information content (AvgIpc) is 2.03. The van der Waals surface area contributed by atoms with Crippen molar-refractivity contribution in [2.75, 3.05) is 0 Å². The summed E-state index contributed by atoms with van der Waals surface area (Å²) in [5.74, 6) is 0. The molecule has 0 saturated carbocycles. The van der Waals surface area contributed by atoms with Crippen molar-refractivity contribution < 1.29 is 14.6 Å². The molecule has 1 amide bonds. The van der Waals surface area contributed by atoms with Crippen molar-refractivity contribution in [3.8, 4) is 0 Å². The monoisotopic (exact) mass is 185 g/mol. The first-order chi connectivity index (χ1) is 6.18. The lowest BCUT2D eigenvalue weighted by Gasteiger charge is -2.17. The van der Waals surface area contributed by atoms with Crippen molar-refractivity contribution in [1.82, 2.24) is 0 Å². The molecule has 1 aliphatic carbocycles. The second-order valence-corrected chi connectivity index (χ2v) is 3.21. The largest absolute Gasteiger partial charge is 0.442 e. The van der Waals surface area contributed by atoms with Crippen LogP contribution in [-0.4, -0.2) is 23.4 Å². The van der Waals surface area contributed by atoms with Gasteiger partial charge in [0.05, 0.1) is 6.10 Å². The van der Waals surface area contributed by atoms with Crippen molar-refractivity contribution in [3.05, 3.63) is 12.2 Å². The Morgan fingerprint density at radius 1 is 1.46 bits per heavy atom. The Labute approximate surface area is 77.4 Å². The molecule has 0 saturated heterocycles. The topological polar surface area (TPSA) is 72.6 Å². The van der Waals surface area contributed by atoms with Crippen LogP contribution in [0.15, 0.2) is 12.2 Å². The first-order valence-corrected chi connectivity index (χ1v) is 4.49. The highest BCUT2D eigenvalue weighted by atomic mass is 16.6. The Morgan fingerprint density at radius 2 is 2.23 bits per heavy atom. The SMILES string of the molecule is NC(=O)OC1/C=C/CCC(O)CC1. The normalized spacial score (nSPS) is 31.5. The number of amides is 1. The number of rotatable bonds is 1. The van der Waals surface area contributed by atoms with Gasteiger partial charge in [0.1, 0.15) is 6.10 Å². The summed E-state index contributed by atoms with van der Waals surface area (Å²) in [7, 11) is 0. The van der Waals surface area contributed by atoms with Crippen molar-refractivity contribution in [1.29, 1.82) is 0 Å². The van der Waals surface area contributed by atoms with Crippen molar-refractivity contribution in [3.63, 3.8) is 0 Å². The molecule has 0 fully saturated rings. The molecule has 0 aromatic carbocycles. The van der Waals surface area contributed by atoms with Gasteiger partial charge < -0.3 is 15.6 Å². The minimum Gasteiger partial charge on any atom is -0.442 e. The van der Waals surface area contributed by atoms with Crippen molar-refractivity contribution >= 4 is 6.09 Å². The number of aliphatic hydroxyl groups excluding tert-OH is 1. The van der Waals surface area contributed by atoms with Crippen LogP contribution >= 0.6 is 0 Å². The highest BCUT2D eigenvalue weighted by molar-refractivity contribution is 5.65. The van der Waals surface area contributed by atoms with Gasteiger partial charge in [-0.3, -0.25) is 0 Å². The van der Waals surface area contributed by atoms with Crippen LogP contribution in [0.2, 0.25) is 0 Å². The van der Waals surface area contributed by atoms with E-state index in [1.165, 1.54) is 0 Å². The summed E-state index contributed by atoms with van der Waals surface area (Å²) in [5, 5.41) is 9.36. The summed E-state index contributed by atoms with van der Waals surface area (Å²) in [6.07, 6.45) is 5.32. The van der Waals surface area contributed by atoms with E-state index in [-0.39, 0.29) is 12.2 Å². The molecule has 74 valence electrons. The number of nitrogens with two attached hydrogens (primary N) is 1. The number of carbonyl (C=O) groups is 1. The molecule has 0 spiro atoms. The van der Waals surface area contributed by atoms with Gasteiger partial charge in [-0.25, -0.2) is 4.79 Å². The summed E-state index contributed by atoms with van der Waals surface area (Å²) >= 11 is 0. The van der Waals surface area contributed by atoms with Gasteiger partial charge in [0.2, 0.25) is 0 Å². The first-order valence-electron chi connectivity index (χ1n) is 4.49. The van der Waals surface area contributed by atoms with Crippen LogP contribution in [0.1, 0.15) is 25.7 Å². The van der Waals surface area contributed by atoms with Crippen LogP contribution in [0.25, 0.3) is 0 Å². The summed E-state index contributed by atoms with van der Waals surface area (Å²) in [5.41, 5.74) is 4.89. The molecule has 2 atom stereocenters. The number of hydrogen-bond acceptors (Lipinski definition) is 3. The molecule has 3 N–H and O–H groups in total. The molecule has 0 heterocycles. The van der Waals surface area contributed by atoms with Gasteiger partial charge in [-0.15, -0.1) is 0 Å². The van der Waals surface area contributed by atoms with Crippen molar-refractivity contribution in [2.45, 2.75) is 37.9 Å². The zero-order valence-corrected chi connectivity index (χ0v) is 7.48. The molecule has 4 nitrogen and oxygen atoms in total. The maximum atomic E-state index is 10.5. The number of primary amides is 1. The third-order valence-corrected chi connectivity index (χ3v) is 2.07. The predicted molar refractivity (Wildman–Crippen MR) is 48.1 cm³/mol. The molecule has 0 aliphatic heterocycles. The van der Waals surface area contributed by atoms with Gasteiger partial charge in [-0.1, -0.05) is 6.08 Å². The Balaban J connectivity index is 2.44. The molecule has 13 heavy (non-hydrogen) atoms. The Morgan fingerprint density at radius 3 is 2.92 bits per heavy atom. The predicted octanol–water partition coefficient (Wildman–Crippen LogP) is 0.941. The van der Waals surface area contributed by atoms with Gasteiger partial charge in [0.25, 0.3) is 0 Å². The van der Waals surface area contributed by atoms with Crippen LogP contribution < -0.4 is 5.73 Å². The quantitative estimate of drug-likeness (QED) is 0.597. The molecule has 0 aromatic heterocycles. The number of allylic oxidation sites excluding steroid dienone is 1. The average molecular weight is 185 g/mol. The van der Waals surface area contributed by atoms with Gasteiger partial charge >= 0.3 is 6.09 Å². The smallest absolute Gasteiger partial charge is 0.405 e. The van der Waals surface area contributed by atoms with E-state index in [4.69, 9.17) is 10.5 Å². The van der Waals surface area contributed by atoms with Crippen LogP contribution in [0.5, 0.6) is 0 Å². The Bertz CT molecular complexity index is 203. The van der Waals surface area contributed by atoms with Gasteiger partial charge in [-0.2, -0.15) is 0 Å². The Hall–Kier alpha value is -1.03. The Kier molecular flexibility index (Phi) is 3.76. The summed E-state index contributed by atoms with van der Waals surface area (Å²) in [4.78, 5) is 10.5. The van der Waals surface area contributed by atoms with E-state index in [2.05, 4.69) is 0 Å². The second-order valence-electron chi connectivity index (χ2n) is 3.21. The second kappa shape index (κ2) is 4.87. The summed E-state index contributed by atoms with van der Waals surface area (Å²) < 4.78 is 4.82. The number of aliphatic hydroxyl groups is 1. The number of hydrogen-bond donors (Lipinski definition) is 2. The molecule has 1 aliphatic rings. The zero-order chi connectivity index (χ0) is 9.68. The fourth-order valence-electron chi connectivity index (χ4n) is 1.38. The van der Waals surface area contributed by atoms with Gasteiger partial charge in [0.15, 0.2) is 0 Å². The third-order valence-electron chi connectivity index (χ3n) is 2.07. The highest BCUT2D eigenvalue weighted by Crippen LogP contribution is 2.14. The minimum absolute atomic E-state index is 0.271. The molecule has 4 heteroatoms. The van der Waals surface area contributed by atoms with Gasteiger partial charge in [-0.05, 0) is 31.8 Å². The number of ether oxygens (including phenoxy) is 1. The van der Waals surface area contributed by atoms with Crippen LogP contribution in [0.4, 0.5) is 4.79 Å². The van der Waals surface area contributed by atoms with Crippen LogP contribution in [0.3, 0.4) is 0 Å².